The van der Waals surface area contributed by atoms with E-state index in [0.29, 0.717) is 62.8 Å². The van der Waals surface area contributed by atoms with E-state index < -0.39 is 16.1 Å². The van der Waals surface area contributed by atoms with Crippen molar-refractivity contribution >= 4 is 21.7 Å². The fourth-order valence-electron chi connectivity index (χ4n) is 5.52. The fraction of sp³-hybridized carbons (Fsp3) is 0.483. The van der Waals surface area contributed by atoms with Gasteiger partial charge in [0.05, 0.1) is 18.6 Å². The van der Waals surface area contributed by atoms with Crippen LogP contribution < -0.4 is 15.4 Å². The van der Waals surface area contributed by atoms with Crippen molar-refractivity contribution in [3.8, 4) is 5.75 Å². The summed E-state index contributed by atoms with van der Waals surface area (Å²) in [6.07, 6.45) is 7.27. The zero-order valence-electron chi connectivity index (χ0n) is 24.0. The number of anilines is 1. The molecule has 0 spiro atoms. The number of pyridine rings is 1. The van der Waals surface area contributed by atoms with Crippen LogP contribution in [0.2, 0.25) is 0 Å². The number of oxazole rings is 1. The summed E-state index contributed by atoms with van der Waals surface area (Å²) in [6.45, 7) is 5.39. The number of carbonyl (C=O) groups is 1. The van der Waals surface area contributed by atoms with Gasteiger partial charge in [0.2, 0.25) is 10.0 Å². The average molecular weight is 599 g/mol. The Kier molecular flexibility index (Phi) is 9.41. The second kappa shape index (κ2) is 13.2. The molecule has 4 heterocycles. The molecule has 1 fully saturated rings. The highest BCUT2D eigenvalue weighted by Gasteiger charge is 2.25. The number of nitrogens with zero attached hydrogens (tertiary/aromatic N) is 4. The van der Waals surface area contributed by atoms with Gasteiger partial charge in [0.25, 0.3) is 5.91 Å². The Balaban J connectivity index is 1.07. The molecule has 13 heteroatoms. The van der Waals surface area contributed by atoms with Gasteiger partial charge in [-0.15, -0.1) is 0 Å². The van der Waals surface area contributed by atoms with Crippen LogP contribution in [-0.2, 0) is 29.6 Å². The minimum Gasteiger partial charge on any atom is -0.485 e. The van der Waals surface area contributed by atoms with Crippen molar-refractivity contribution in [1.29, 1.82) is 0 Å². The van der Waals surface area contributed by atoms with Crippen molar-refractivity contribution in [3.05, 3.63) is 71.1 Å². The number of β-amino-alcohol motifs (C(OH)–C–C–N with tert-alkyl or cyclic N) is 1. The normalized spacial score (nSPS) is 17.4. The molecule has 42 heavy (non-hydrogen) atoms. The van der Waals surface area contributed by atoms with Gasteiger partial charge in [-0.2, -0.15) is 0 Å². The summed E-state index contributed by atoms with van der Waals surface area (Å²) in [5.74, 6) is 1.77. The summed E-state index contributed by atoms with van der Waals surface area (Å²) in [7, 11) is -3.18. The van der Waals surface area contributed by atoms with Crippen molar-refractivity contribution in [3.63, 3.8) is 0 Å². The predicted octanol–water partition coefficient (Wildman–Crippen LogP) is 1.94. The maximum Gasteiger partial charge on any atom is 0.251 e. The molecule has 0 bridgehead atoms. The van der Waals surface area contributed by atoms with E-state index in [-0.39, 0.29) is 18.5 Å². The molecule has 0 saturated carbocycles. The predicted molar refractivity (Wildman–Crippen MR) is 157 cm³/mol. The molecule has 5 rings (SSSR count). The van der Waals surface area contributed by atoms with Crippen LogP contribution >= 0.6 is 0 Å². The zero-order chi connectivity index (χ0) is 29.7. The van der Waals surface area contributed by atoms with E-state index in [1.165, 1.54) is 28.1 Å². The molecule has 3 N–H and O–H groups in total. The lowest BCUT2D eigenvalue weighted by Gasteiger charge is -2.31. The summed E-state index contributed by atoms with van der Waals surface area (Å²) in [5, 5.41) is 16.8. The van der Waals surface area contributed by atoms with Crippen LogP contribution in [0.25, 0.3) is 0 Å². The lowest BCUT2D eigenvalue weighted by molar-refractivity contribution is 0.0841. The summed E-state index contributed by atoms with van der Waals surface area (Å²) in [5.41, 5.74) is 4.04. The number of ether oxygens (including phenoxy) is 1. The second-order valence-electron chi connectivity index (χ2n) is 10.9. The average Bonchev–Trinajstić information content (AvgIpc) is 3.49. The van der Waals surface area contributed by atoms with E-state index in [9.17, 15) is 18.3 Å². The Morgan fingerprint density at radius 1 is 1.24 bits per heavy atom. The second-order valence-corrected chi connectivity index (χ2v) is 12.9. The van der Waals surface area contributed by atoms with Crippen LogP contribution in [0.5, 0.6) is 5.75 Å². The van der Waals surface area contributed by atoms with Gasteiger partial charge < -0.3 is 24.9 Å². The summed E-state index contributed by atoms with van der Waals surface area (Å²) in [6, 6.07) is 7.43. The van der Waals surface area contributed by atoms with Gasteiger partial charge in [0.15, 0.2) is 12.2 Å². The SMILES string of the molecule is Cc1c(OCc2cnco2)ccc2c1CCN(CC(O)CNC(=O)c1ccnc(NC3CCN(S(C)(=O)=O)CC3)c1)C2. The Morgan fingerprint density at radius 3 is 2.79 bits per heavy atom. The van der Waals surface area contributed by atoms with Crippen LogP contribution in [0.1, 0.15) is 45.7 Å². The molecule has 1 atom stereocenters. The molecule has 12 nitrogen and oxygen atoms in total. The number of fused-ring (bicyclic) bond motifs is 1. The molecule has 2 aliphatic heterocycles. The van der Waals surface area contributed by atoms with Crippen LogP contribution in [0.4, 0.5) is 5.82 Å². The van der Waals surface area contributed by atoms with Crippen LogP contribution in [0, 0.1) is 6.92 Å². The molecular formula is C29H38N6O6S. The van der Waals surface area contributed by atoms with Crippen LogP contribution in [-0.4, -0.2) is 89.7 Å². The first-order chi connectivity index (χ1) is 20.2. The third kappa shape index (κ3) is 7.65. The van der Waals surface area contributed by atoms with Crippen LogP contribution in [0.15, 0.2) is 47.5 Å². The molecule has 1 unspecified atom stereocenters. The number of piperidine rings is 1. The Hall–Kier alpha value is -3.52. The van der Waals surface area contributed by atoms with Crippen molar-refractivity contribution in [2.45, 2.75) is 51.5 Å². The van der Waals surface area contributed by atoms with Gasteiger partial charge in [-0.1, -0.05) is 6.07 Å². The molecule has 0 radical (unpaired) electrons. The number of benzene rings is 1. The lowest BCUT2D eigenvalue weighted by Crippen LogP contribution is -2.42. The fourth-order valence-corrected chi connectivity index (χ4v) is 6.39. The van der Waals surface area contributed by atoms with Crippen molar-refractivity contribution in [2.75, 3.05) is 44.3 Å². The highest BCUT2D eigenvalue weighted by Crippen LogP contribution is 2.30. The van der Waals surface area contributed by atoms with E-state index in [2.05, 4.69) is 38.5 Å². The quantitative estimate of drug-likeness (QED) is 0.299. The lowest BCUT2D eigenvalue weighted by atomic mass is 9.94. The van der Waals surface area contributed by atoms with Crippen molar-refractivity contribution in [2.24, 2.45) is 0 Å². The van der Waals surface area contributed by atoms with E-state index in [4.69, 9.17) is 9.15 Å². The summed E-state index contributed by atoms with van der Waals surface area (Å²) < 4.78 is 36.1. The number of sulfonamides is 1. The Labute approximate surface area is 246 Å². The molecule has 3 aromatic rings. The van der Waals surface area contributed by atoms with Gasteiger partial charge >= 0.3 is 0 Å². The van der Waals surface area contributed by atoms with E-state index in [0.717, 1.165) is 24.3 Å². The number of carbonyl (C=O) groups excluding carboxylic acids is 1. The smallest absolute Gasteiger partial charge is 0.251 e. The standard InChI is InChI=1S/C29H38N6O6S/c1-20-26-8-10-34(16-22(26)3-4-27(20)40-18-25-15-30-19-41-25)17-24(36)14-32-29(37)21-5-9-31-28(13-21)33-23-6-11-35(12-7-23)42(2,38)39/h3-5,9,13,15,19,23-24,36H,6-8,10-12,14,16-18H2,1-2H3,(H,31,33)(H,32,37). The molecule has 226 valence electrons. The number of aliphatic hydroxyl groups excluding tert-OH is 1. The van der Waals surface area contributed by atoms with Gasteiger partial charge in [0.1, 0.15) is 18.2 Å². The Morgan fingerprint density at radius 2 is 2.05 bits per heavy atom. The molecular weight excluding hydrogens is 560 g/mol. The third-order valence-corrected chi connectivity index (χ3v) is 9.14. The van der Waals surface area contributed by atoms with E-state index in [1.54, 1.807) is 24.5 Å². The first-order valence-corrected chi connectivity index (χ1v) is 16.0. The number of aromatic nitrogens is 2. The Bertz CT molecular complexity index is 1470. The first-order valence-electron chi connectivity index (χ1n) is 14.1. The van der Waals surface area contributed by atoms with Gasteiger partial charge in [-0.05, 0) is 61.1 Å². The molecule has 1 amide bonds. The van der Waals surface area contributed by atoms with Crippen LogP contribution in [0.3, 0.4) is 0 Å². The van der Waals surface area contributed by atoms with E-state index in [1.807, 2.05) is 6.07 Å². The number of nitrogens with one attached hydrogen (secondary N) is 2. The molecule has 1 aromatic carbocycles. The first kappa shape index (κ1) is 30.0. The highest BCUT2D eigenvalue weighted by molar-refractivity contribution is 7.88. The van der Waals surface area contributed by atoms with Gasteiger partial charge in [-0.3, -0.25) is 9.69 Å². The molecule has 1 saturated heterocycles. The number of aliphatic hydroxyl groups is 1. The van der Waals surface area contributed by atoms with Gasteiger partial charge in [-0.25, -0.2) is 22.7 Å². The van der Waals surface area contributed by atoms with Crippen molar-refractivity contribution < 1.29 is 27.5 Å². The largest absolute Gasteiger partial charge is 0.485 e. The van der Waals surface area contributed by atoms with Crippen molar-refractivity contribution in [1.82, 2.24) is 24.5 Å². The minimum absolute atomic E-state index is 0.0764. The molecule has 2 aliphatic rings. The summed E-state index contributed by atoms with van der Waals surface area (Å²) >= 11 is 0. The summed E-state index contributed by atoms with van der Waals surface area (Å²) in [4.78, 5) is 23.2. The number of hydrogen-bond acceptors (Lipinski definition) is 10. The topological polar surface area (TPSA) is 150 Å². The van der Waals surface area contributed by atoms with E-state index >= 15 is 0 Å². The number of rotatable bonds is 11. The third-order valence-electron chi connectivity index (χ3n) is 7.84. The minimum atomic E-state index is -3.18. The number of amides is 1. The molecule has 0 aliphatic carbocycles. The highest BCUT2D eigenvalue weighted by atomic mass is 32.2. The maximum absolute atomic E-state index is 12.8. The maximum atomic E-state index is 12.8. The molecule has 2 aromatic heterocycles. The zero-order valence-corrected chi connectivity index (χ0v) is 24.8. The number of hydrogen-bond donors (Lipinski definition) is 3. The van der Waals surface area contributed by atoms with Gasteiger partial charge in [0, 0.05) is 57.1 Å². The monoisotopic (exact) mass is 598 g/mol.